The standard InChI is InChI=1S/C9H11ClN4O2/c1-5(2-7(11)16)14-9-6(3-15)8(10)12-4-13-9/h3-5H,2H2,1H3,(H2,11,16)(H,12,13,14). The molecule has 0 radical (unpaired) electrons. The van der Waals surface area contributed by atoms with Gasteiger partial charge in [-0.15, -0.1) is 0 Å². The Labute approximate surface area is 97.2 Å². The van der Waals surface area contributed by atoms with Crippen LogP contribution in [0.5, 0.6) is 0 Å². The Kier molecular flexibility index (Phi) is 4.19. The van der Waals surface area contributed by atoms with E-state index in [1.54, 1.807) is 6.92 Å². The first-order chi connectivity index (χ1) is 7.54. The van der Waals surface area contributed by atoms with E-state index in [9.17, 15) is 9.59 Å². The zero-order valence-corrected chi connectivity index (χ0v) is 9.36. The van der Waals surface area contributed by atoms with E-state index in [4.69, 9.17) is 17.3 Å². The highest BCUT2D eigenvalue weighted by Gasteiger charge is 2.12. The van der Waals surface area contributed by atoms with Crippen LogP contribution in [0, 0.1) is 0 Å². The van der Waals surface area contributed by atoms with Gasteiger partial charge in [-0.05, 0) is 6.92 Å². The topological polar surface area (TPSA) is 98.0 Å². The van der Waals surface area contributed by atoms with Crippen molar-refractivity contribution >= 4 is 29.6 Å². The van der Waals surface area contributed by atoms with E-state index in [2.05, 4.69) is 15.3 Å². The van der Waals surface area contributed by atoms with Crippen molar-refractivity contribution in [3.8, 4) is 0 Å². The average Bonchev–Trinajstić information content (AvgIpc) is 2.16. The molecule has 1 rings (SSSR count). The predicted molar refractivity (Wildman–Crippen MR) is 59.3 cm³/mol. The van der Waals surface area contributed by atoms with Crippen molar-refractivity contribution < 1.29 is 9.59 Å². The zero-order chi connectivity index (χ0) is 12.1. The molecular formula is C9H11ClN4O2. The number of rotatable bonds is 5. The quantitative estimate of drug-likeness (QED) is 0.583. The summed E-state index contributed by atoms with van der Waals surface area (Å²) in [7, 11) is 0. The van der Waals surface area contributed by atoms with Crippen LogP contribution in [0.3, 0.4) is 0 Å². The summed E-state index contributed by atoms with van der Waals surface area (Å²) >= 11 is 5.70. The van der Waals surface area contributed by atoms with Gasteiger partial charge in [0.2, 0.25) is 5.91 Å². The normalized spacial score (nSPS) is 11.9. The van der Waals surface area contributed by atoms with Crippen molar-refractivity contribution in [2.24, 2.45) is 5.73 Å². The van der Waals surface area contributed by atoms with Crippen LogP contribution in [0.1, 0.15) is 23.7 Å². The van der Waals surface area contributed by atoms with E-state index in [1.165, 1.54) is 6.33 Å². The maximum atomic E-state index is 10.8. The second-order valence-corrected chi connectivity index (χ2v) is 3.62. The molecule has 3 N–H and O–H groups in total. The third kappa shape index (κ3) is 3.16. The molecule has 0 aromatic carbocycles. The predicted octanol–water partition coefficient (Wildman–Crippen LogP) is 0.618. The summed E-state index contributed by atoms with van der Waals surface area (Å²) in [6, 6.07) is -0.234. The molecule has 0 bridgehead atoms. The molecule has 86 valence electrons. The highest BCUT2D eigenvalue weighted by Crippen LogP contribution is 2.18. The number of carbonyl (C=O) groups excluding carboxylic acids is 2. The second-order valence-electron chi connectivity index (χ2n) is 3.26. The van der Waals surface area contributed by atoms with Crippen LogP contribution in [0.4, 0.5) is 5.82 Å². The minimum Gasteiger partial charge on any atom is -0.370 e. The van der Waals surface area contributed by atoms with Crippen LogP contribution < -0.4 is 11.1 Å². The minimum absolute atomic E-state index is 0.0683. The van der Waals surface area contributed by atoms with Gasteiger partial charge in [0.05, 0.1) is 5.56 Å². The van der Waals surface area contributed by atoms with Gasteiger partial charge in [-0.2, -0.15) is 0 Å². The van der Waals surface area contributed by atoms with Crippen LogP contribution in [0.15, 0.2) is 6.33 Å². The molecule has 1 aromatic rings. The molecule has 0 fully saturated rings. The summed E-state index contributed by atoms with van der Waals surface area (Å²) in [4.78, 5) is 29.0. The number of carbonyl (C=O) groups is 2. The fourth-order valence-corrected chi connectivity index (χ4v) is 1.36. The van der Waals surface area contributed by atoms with Crippen LogP contribution in [0.25, 0.3) is 0 Å². The van der Waals surface area contributed by atoms with E-state index in [-0.39, 0.29) is 23.2 Å². The van der Waals surface area contributed by atoms with Crippen LogP contribution in [0.2, 0.25) is 5.15 Å². The molecule has 1 unspecified atom stereocenters. The third-order valence-electron chi connectivity index (χ3n) is 1.84. The summed E-state index contributed by atoms with van der Waals surface area (Å²) in [6.07, 6.45) is 1.93. The minimum atomic E-state index is -0.437. The van der Waals surface area contributed by atoms with Crippen LogP contribution in [-0.2, 0) is 4.79 Å². The monoisotopic (exact) mass is 242 g/mol. The molecule has 0 aliphatic carbocycles. The Hall–Kier alpha value is -1.69. The molecule has 1 atom stereocenters. The fourth-order valence-electron chi connectivity index (χ4n) is 1.18. The molecule has 0 saturated carbocycles. The number of amides is 1. The van der Waals surface area contributed by atoms with E-state index in [1.807, 2.05) is 0 Å². The summed E-state index contributed by atoms with van der Waals surface area (Å²) < 4.78 is 0. The summed E-state index contributed by atoms with van der Waals surface area (Å²) in [5.41, 5.74) is 5.21. The maximum Gasteiger partial charge on any atom is 0.219 e. The highest BCUT2D eigenvalue weighted by atomic mass is 35.5. The molecule has 1 aromatic heterocycles. The van der Waals surface area contributed by atoms with Crippen molar-refractivity contribution in [2.45, 2.75) is 19.4 Å². The van der Waals surface area contributed by atoms with Crippen molar-refractivity contribution in [3.05, 3.63) is 17.0 Å². The highest BCUT2D eigenvalue weighted by molar-refractivity contribution is 6.32. The number of nitrogens with one attached hydrogen (secondary N) is 1. The van der Waals surface area contributed by atoms with Gasteiger partial charge in [-0.3, -0.25) is 9.59 Å². The Morgan fingerprint density at radius 1 is 1.69 bits per heavy atom. The largest absolute Gasteiger partial charge is 0.370 e. The number of anilines is 1. The number of aromatic nitrogens is 2. The van der Waals surface area contributed by atoms with Gasteiger partial charge in [0, 0.05) is 12.5 Å². The van der Waals surface area contributed by atoms with Gasteiger partial charge in [-0.25, -0.2) is 9.97 Å². The lowest BCUT2D eigenvalue weighted by molar-refractivity contribution is -0.118. The SMILES string of the molecule is CC(CC(N)=O)Nc1ncnc(Cl)c1C=O. The van der Waals surface area contributed by atoms with Gasteiger partial charge < -0.3 is 11.1 Å². The molecule has 0 aliphatic rings. The number of nitrogens with two attached hydrogens (primary N) is 1. The molecular weight excluding hydrogens is 232 g/mol. The van der Waals surface area contributed by atoms with Crippen molar-refractivity contribution in [3.63, 3.8) is 0 Å². The Morgan fingerprint density at radius 3 is 2.94 bits per heavy atom. The van der Waals surface area contributed by atoms with Gasteiger partial charge in [-0.1, -0.05) is 11.6 Å². The number of hydrogen-bond donors (Lipinski definition) is 2. The lowest BCUT2D eigenvalue weighted by Crippen LogP contribution is -2.25. The summed E-state index contributed by atoms with van der Waals surface area (Å²) in [5.74, 6) is -0.142. The van der Waals surface area contributed by atoms with E-state index in [0.29, 0.717) is 12.1 Å². The Bertz CT molecular complexity index is 410. The van der Waals surface area contributed by atoms with Gasteiger partial charge in [0.15, 0.2) is 6.29 Å². The van der Waals surface area contributed by atoms with E-state index in [0.717, 1.165) is 0 Å². The van der Waals surface area contributed by atoms with Gasteiger partial charge in [0.1, 0.15) is 17.3 Å². The van der Waals surface area contributed by atoms with E-state index >= 15 is 0 Å². The van der Waals surface area contributed by atoms with Crippen molar-refractivity contribution in [1.29, 1.82) is 0 Å². The lowest BCUT2D eigenvalue weighted by atomic mass is 10.2. The molecule has 1 heterocycles. The molecule has 7 heteroatoms. The Balaban J connectivity index is 2.84. The van der Waals surface area contributed by atoms with Crippen LogP contribution >= 0.6 is 11.6 Å². The van der Waals surface area contributed by atoms with Gasteiger partial charge >= 0.3 is 0 Å². The van der Waals surface area contributed by atoms with Gasteiger partial charge in [0.25, 0.3) is 0 Å². The first-order valence-corrected chi connectivity index (χ1v) is 4.93. The molecule has 6 nitrogen and oxygen atoms in total. The number of hydrogen-bond acceptors (Lipinski definition) is 5. The molecule has 0 aliphatic heterocycles. The van der Waals surface area contributed by atoms with Crippen molar-refractivity contribution in [1.82, 2.24) is 9.97 Å². The molecule has 16 heavy (non-hydrogen) atoms. The third-order valence-corrected chi connectivity index (χ3v) is 2.14. The zero-order valence-electron chi connectivity index (χ0n) is 8.61. The lowest BCUT2D eigenvalue weighted by Gasteiger charge is -2.13. The summed E-state index contributed by atoms with van der Waals surface area (Å²) in [6.45, 7) is 1.75. The van der Waals surface area contributed by atoms with Crippen molar-refractivity contribution in [2.75, 3.05) is 5.32 Å². The fraction of sp³-hybridized carbons (Fsp3) is 0.333. The molecule has 0 saturated heterocycles. The number of halogens is 1. The summed E-state index contributed by atoms with van der Waals surface area (Å²) in [5, 5.41) is 2.93. The molecule has 1 amide bonds. The number of nitrogens with zero attached hydrogens (tertiary/aromatic N) is 2. The number of aldehydes is 1. The van der Waals surface area contributed by atoms with Crippen LogP contribution in [-0.4, -0.2) is 28.2 Å². The van der Waals surface area contributed by atoms with E-state index < -0.39 is 5.91 Å². The Morgan fingerprint density at radius 2 is 2.38 bits per heavy atom. The average molecular weight is 243 g/mol. The maximum absolute atomic E-state index is 10.8. The second kappa shape index (κ2) is 5.41. The smallest absolute Gasteiger partial charge is 0.219 e. The number of primary amides is 1. The molecule has 0 spiro atoms. The first-order valence-electron chi connectivity index (χ1n) is 4.55. The first kappa shape index (κ1) is 12.4.